The summed E-state index contributed by atoms with van der Waals surface area (Å²) in [6.07, 6.45) is 4.27. The zero-order chi connectivity index (χ0) is 13.1. The Morgan fingerprint density at radius 3 is 2.79 bits per heavy atom. The summed E-state index contributed by atoms with van der Waals surface area (Å²) in [5.74, 6) is 0.921. The molecule has 2 aliphatic rings. The highest BCUT2D eigenvalue weighted by Gasteiger charge is 2.30. The van der Waals surface area contributed by atoms with Crippen LogP contribution >= 0.6 is 0 Å². The molecule has 1 aromatic rings. The second-order valence-electron chi connectivity index (χ2n) is 4.76. The maximum absolute atomic E-state index is 4.62. The van der Waals surface area contributed by atoms with Crippen LogP contribution in [0.25, 0.3) is 0 Å². The Morgan fingerprint density at radius 2 is 1.95 bits per heavy atom. The Balaban J connectivity index is 1.60. The van der Waals surface area contributed by atoms with Gasteiger partial charge in [-0.15, -0.1) is 0 Å². The van der Waals surface area contributed by atoms with Crippen LogP contribution in [-0.2, 0) is 6.42 Å². The highest BCUT2D eigenvalue weighted by atomic mass is 15.3. The average molecular weight is 255 g/mol. The fraction of sp³-hybridized carbons (Fsp3) is 0.357. The first-order valence-corrected chi connectivity index (χ1v) is 6.49. The van der Waals surface area contributed by atoms with Crippen LogP contribution in [0.2, 0.25) is 0 Å². The van der Waals surface area contributed by atoms with Gasteiger partial charge < -0.3 is 10.6 Å². The van der Waals surface area contributed by atoms with Gasteiger partial charge in [-0.05, 0) is 18.9 Å². The van der Waals surface area contributed by atoms with E-state index in [0.717, 1.165) is 18.8 Å². The maximum atomic E-state index is 4.62. The maximum Gasteiger partial charge on any atom is 0.170 e. The van der Waals surface area contributed by atoms with Gasteiger partial charge in [-0.1, -0.05) is 29.8 Å². The molecule has 1 aromatic carbocycles. The molecule has 19 heavy (non-hydrogen) atoms. The predicted molar refractivity (Wildman–Crippen MR) is 78.0 cm³/mol. The summed E-state index contributed by atoms with van der Waals surface area (Å²) in [6, 6.07) is 8.66. The van der Waals surface area contributed by atoms with Gasteiger partial charge in [0, 0.05) is 6.54 Å². The van der Waals surface area contributed by atoms with Gasteiger partial charge in [0.25, 0.3) is 0 Å². The second kappa shape index (κ2) is 5.22. The van der Waals surface area contributed by atoms with E-state index in [4.69, 9.17) is 0 Å². The van der Waals surface area contributed by atoms with Crippen LogP contribution in [-0.4, -0.2) is 37.3 Å². The van der Waals surface area contributed by atoms with Gasteiger partial charge in [0.15, 0.2) is 6.17 Å². The van der Waals surface area contributed by atoms with E-state index in [-0.39, 0.29) is 12.2 Å². The summed E-state index contributed by atoms with van der Waals surface area (Å²) in [6.45, 7) is 2.87. The molecule has 98 valence electrons. The van der Waals surface area contributed by atoms with Crippen LogP contribution in [0.3, 0.4) is 0 Å². The number of amidine groups is 1. The molecule has 0 saturated heterocycles. The van der Waals surface area contributed by atoms with Crippen LogP contribution in [0.5, 0.6) is 0 Å². The van der Waals surface area contributed by atoms with Gasteiger partial charge in [-0.2, -0.15) is 0 Å². The van der Waals surface area contributed by atoms with Crippen LogP contribution in [0.1, 0.15) is 11.1 Å². The Bertz CT molecular complexity index is 529. The van der Waals surface area contributed by atoms with Crippen molar-refractivity contribution in [3.8, 4) is 0 Å². The van der Waals surface area contributed by atoms with Crippen molar-refractivity contribution in [1.82, 2.24) is 10.6 Å². The highest BCUT2D eigenvalue weighted by molar-refractivity contribution is 6.00. The lowest BCUT2D eigenvalue weighted by Crippen LogP contribution is -2.49. The lowest BCUT2D eigenvalue weighted by molar-refractivity contribution is 0.634. The number of nitrogens with one attached hydrogen (secondary N) is 2. The van der Waals surface area contributed by atoms with E-state index in [0.29, 0.717) is 0 Å². The van der Waals surface area contributed by atoms with Crippen molar-refractivity contribution in [2.45, 2.75) is 25.6 Å². The molecule has 5 heteroatoms. The summed E-state index contributed by atoms with van der Waals surface area (Å²) in [4.78, 5) is 13.1. The standard InChI is InChI=1S/C14H17N5/c1-10-2-4-11(5-3-10)6-7-15-13-12-14(17-8-16-12)19-9-18-13/h2-5,8-9,12,14H,6-7H2,1H3,(H,16,17)(H,15,18,19). The minimum atomic E-state index is -0.0561. The monoisotopic (exact) mass is 255 g/mol. The van der Waals surface area contributed by atoms with Crippen LogP contribution in [0.4, 0.5) is 0 Å². The molecule has 0 bridgehead atoms. The molecule has 2 atom stereocenters. The van der Waals surface area contributed by atoms with Gasteiger partial charge in [-0.3, -0.25) is 4.99 Å². The number of hydrogen-bond donors (Lipinski definition) is 2. The first-order valence-electron chi connectivity index (χ1n) is 6.49. The number of aliphatic imine (C=N–C) groups is 3. The van der Waals surface area contributed by atoms with Crippen molar-refractivity contribution in [3.63, 3.8) is 0 Å². The van der Waals surface area contributed by atoms with E-state index in [2.05, 4.69) is 56.8 Å². The van der Waals surface area contributed by atoms with Crippen molar-refractivity contribution in [2.24, 2.45) is 15.0 Å². The Hall–Kier alpha value is -2.17. The second-order valence-corrected chi connectivity index (χ2v) is 4.76. The molecular weight excluding hydrogens is 238 g/mol. The van der Waals surface area contributed by atoms with Crippen molar-refractivity contribution in [3.05, 3.63) is 35.4 Å². The number of aryl methyl sites for hydroxylation is 1. The van der Waals surface area contributed by atoms with E-state index in [9.17, 15) is 0 Å². The molecule has 2 unspecified atom stereocenters. The Kier molecular flexibility index (Phi) is 3.27. The van der Waals surface area contributed by atoms with Crippen molar-refractivity contribution in [1.29, 1.82) is 0 Å². The van der Waals surface area contributed by atoms with Gasteiger partial charge >= 0.3 is 0 Å². The molecule has 0 aliphatic carbocycles. The summed E-state index contributed by atoms with van der Waals surface area (Å²) < 4.78 is 0. The Labute approximate surface area is 112 Å². The molecule has 0 radical (unpaired) electrons. The predicted octanol–water partition coefficient (Wildman–Crippen LogP) is 0.894. The number of benzene rings is 1. The van der Waals surface area contributed by atoms with Gasteiger partial charge in [0.05, 0.1) is 12.7 Å². The van der Waals surface area contributed by atoms with Crippen molar-refractivity contribution < 1.29 is 0 Å². The number of nitrogens with zero attached hydrogens (tertiary/aromatic N) is 3. The average Bonchev–Trinajstić information content (AvgIpc) is 2.90. The fourth-order valence-corrected chi connectivity index (χ4v) is 2.19. The van der Waals surface area contributed by atoms with Crippen LogP contribution in [0, 0.1) is 6.92 Å². The number of hydrogen-bond acceptors (Lipinski definition) is 4. The molecule has 5 nitrogen and oxygen atoms in total. The van der Waals surface area contributed by atoms with Crippen LogP contribution in [0.15, 0.2) is 39.2 Å². The minimum Gasteiger partial charge on any atom is -0.363 e. The van der Waals surface area contributed by atoms with E-state index < -0.39 is 0 Å². The van der Waals surface area contributed by atoms with E-state index in [1.54, 1.807) is 12.7 Å². The Morgan fingerprint density at radius 1 is 1.16 bits per heavy atom. The smallest absolute Gasteiger partial charge is 0.170 e. The lowest BCUT2D eigenvalue weighted by Gasteiger charge is -2.21. The first kappa shape index (κ1) is 11.9. The van der Waals surface area contributed by atoms with E-state index >= 15 is 0 Å². The number of rotatable bonds is 3. The largest absolute Gasteiger partial charge is 0.363 e. The first-order chi connectivity index (χ1) is 9.33. The summed E-state index contributed by atoms with van der Waals surface area (Å²) in [5, 5.41) is 6.27. The SMILES string of the molecule is Cc1ccc(CCN=C2NC=NC3N=CNC23)cc1. The van der Waals surface area contributed by atoms with E-state index in [1.807, 2.05) is 0 Å². The molecule has 0 amide bonds. The van der Waals surface area contributed by atoms with Gasteiger partial charge in [0.1, 0.15) is 11.9 Å². The van der Waals surface area contributed by atoms with Gasteiger partial charge in [-0.25, -0.2) is 9.98 Å². The molecule has 0 aromatic heterocycles. The molecule has 0 saturated carbocycles. The van der Waals surface area contributed by atoms with Crippen molar-refractivity contribution in [2.75, 3.05) is 6.54 Å². The molecule has 2 aliphatic heterocycles. The minimum absolute atomic E-state index is 0.0561. The van der Waals surface area contributed by atoms with E-state index in [1.165, 1.54) is 11.1 Å². The molecule has 3 rings (SSSR count). The summed E-state index contributed by atoms with van der Waals surface area (Å²) >= 11 is 0. The summed E-state index contributed by atoms with van der Waals surface area (Å²) in [5.41, 5.74) is 2.60. The van der Waals surface area contributed by atoms with Crippen molar-refractivity contribution >= 4 is 18.5 Å². The normalized spacial score (nSPS) is 26.1. The van der Waals surface area contributed by atoms with Crippen LogP contribution < -0.4 is 10.6 Å². The zero-order valence-electron chi connectivity index (χ0n) is 10.9. The molecule has 2 N–H and O–H groups in total. The highest BCUT2D eigenvalue weighted by Crippen LogP contribution is 2.10. The molecule has 0 spiro atoms. The molecule has 0 fully saturated rings. The quantitative estimate of drug-likeness (QED) is 0.842. The molecular formula is C14H17N5. The zero-order valence-corrected chi connectivity index (χ0v) is 10.9. The lowest BCUT2D eigenvalue weighted by atomic mass is 10.1. The summed E-state index contributed by atoms with van der Waals surface area (Å²) in [7, 11) is 0. The third-order valence-electron chi connectivity index (χ3n) is 3.32. The third-order valence-corrected chi connectivity index (χ3v) is 3.32. The third kappa shape index (κ3) is 2.65. The number of fused-ring (bicyclic) bond motifs is 1. The topological polar surface area (TPSA) is 61.1 Å². The molecule has 2 heterocycles. The van der Waals surface area contributed by atoms with Gasteiger partial charge in [0.2, 0.25) is 0 Å². The fourth-order valence-electron chi connectivity index (χ4n) is 2.19.